The summed E-state index contributed by atoms with van der Waals surface area (Å²) in [6.45, 7) is 3.91. The van der Waals surface area contributed by atoms with E-state index in [1.807, 2.05) is 70.2 Å². The van der Waals surface area contributed by atoms with Crippen LogP contribution in [0, 0.1) is 0 Å². The highest BCUT2D eigenvalue weighted by atomic mass is 35.5. The highest BCUT2D eigenvalue weighted by Gasteiger charge is 2.24. The van der Waals surface area contributed by atoms with E-state index in [2.05, 4.69) is 22.0 Å². The number of piperazine rings is 1. The first-order valence-corrected chi connectivity index (χ1v) is 11.4. The number of ether oxygens (including phenoxy) is 1. The van der Waals surface area contributed by atoms with Crippen LogP contribution < -0.4 is 4.74 Å². The number of hydrogen-bond donors (Lipinski definition) is 0. The molecule has 0 atom stereocenters. The van der Waals surface area contributed by atoms with E-state index >= 15 is 0 Å². The molecule has 168 valence electrons. The van der Waals surface area contributed by atoms with Gasteiger partial charge in [0, 0.05) is 55.7 Å². The van der Waals surface area contributed by atoms with E-state index in [1.165, 1.54) is 5.56 Å². The molecule has 2 aromatic heterocycles. The lowest BCUT2D eigenvalue weighted by atomic mass is 10.1. The van der Waals surface area contributed by atoms with Gasteiger partial charge < -0.3 is 14.0 Å². The van der Waals surface area contributed by atoms with Gasteiger partial charge in [0.2, 0.25) is 0 Å². The summed E-state index contributed by atoms with van der Waals surface area (Å²) < 4.78 is 7.12. The average Bonchev–Trinajstić information content (AvgIpc) is 3.28. The molecule has 1 fully saturated rings. The number of halogens is 1. The summed E-state index contributed by atoms with van der Waals surface area (Å²) in [7, 11) is 1.67. The van der Waals surface area contributed by atoms with Crippen molar-refractivity contribution in [1.82, 2.24) is 19.2 Å². The topological polar surface area (TPSA) is 50.1 Å². The van der Waals surface area contributed by atoms with E-state index in [1.54, 1.807) is 7.11 Å². The molecule has 3 heterocycles. The van der Waals surface area contributed by atoms with Gasteiger partial charge in [0.1, 0.15) is 17.1 Å². The van der Waals surface area contributed by atoms with E-state index in [9.17, 15) is 4.79 Å². The summed E-state index contributed by atoms with van der Waals surface area (Å²) in [5.41, 5.74) is 4.39. The summed E-state index contributed by atoms with van der Waals surface area (Å²) in [5, 5.41) is 0.695. The minimum Gasteiger partial charge on any atom is -0.497 e. The molecular formula is C26H25ClN4O2. The normalized spacial score (nSPS) is 14.5. The number of amides is 1. The van der Waals surface area contributed by atoms with Crippen molar-refractivity contribution in [3.8, 4) is 16.9 Å². The standard InChI is InChI=1S/C26H25ClN4O2/c1-33-21-9-6-19(7-10-21)16-29-12-14-30(15-13-29)26(32)24-18-31-17-20(8-11-25(31)28-24)22-4-2-3-5-23(22)27/h2-11,17-18H,12-16H2,1H3. The minimum atomic E-state index is -0.0258. The van der Waals surface area contributed by atoms with Crippen LogP contribution in [-0.2, 0) is 6.54 Å². The molecule has 0 aliphatic carbocycles. The fourth-order valence-electron chi connectivity index (χ4n) is 4.21. The van der Waals surface area contributed by atoms with Crippen LogP contribution in [0.4, 0.5) is 0 Å². The number of carbonyl (C=O) groups excluding carboxylic acids is 1. The number of pyridine rings is 1. The van der Waals surface area contributed by atoms with Crippen molar-refractivity contribution >= 4 is 23.2 Å². The third-order valence-corrected chi connectivity index (χ3v) is 6.41. The first kappa shape index (κ1) is 21.5. The number of nitrogens with zero attached hydrogens (tertiary/aromatic N) is 4. The van der Waals surface area contributed by atoms with Gasteiger partial charge >= 0.3 is 0 Å². The molecule has 6 nitrogen and oxygen atoms in total. The van der Waals surface area contributed by atoms with Gasteiger partial charge in [-0.3, -0.25) is 9.69 Å². The lowest BCUT2D eigenvalue weighted by molar-refractivity contribution is 0.0623. The van der Waals surface area contributed by atoms with Crippen LogP contribution in [0.5, 0.6) is 5.75 Å². The lowest BCUT2D eigenvalue weighted by Gasteiger charge is -2.34. The van der Waals surface area contributed by atoms with Crippen molar-refractivity contribution in [1.29, 1.82) is 0 Å². The van der Waals surface area contributed by atoms with Gasteiger partial charge in [-0.2, -0.15) is 0 Å². The number of hydrogen-bond acceptors (Lipinski definition) is 4. The number of aromatic nitrogens is 2. The second-order valence-electron chi connectivity index (χ2n) is 8.21. The zero-order valence-electron chi connectivity index (χ0n) is 18.4. The Balaban J connectivity index is 1.25. The van der Waals surface area contributed by atoms with Gasteiger partial charge in [0.05, 0.1) is 7.11 Å². The summed E-state index contributed by atoms with van der Waals surface area (Å²) in [4.78, 5) is 21.9. The number of rotatable bonds is 5. The zero-order chi connectivity index (χ0) is 22.8. The predicted molar refractivity (Wildman–Crippen MR) is 130 cm³/mol. The maximum Gasteiger partial charge on any atom is 0.274 e. The number of carbonyl (C=O) groups is 1. The number of benzene rings is 2. The third kappa shape index (κ3) is 4.58. The molecule has 0 bridgehead atoms. The Hall–Kier alpha value is -3.35. The molecule has 0 N–H and O–H groups in total. The van der Waals surface area contributed by atoms with E-state index in [-0.39, 0.29) is 5.91 Å². The van der Waals surface area contributed by atoms with Crippen LogP contribution in [-0.4, -0.2) is 58.4 Å². The van der Waals surface area contributed by atoms with Crippen molar-refractivity contribution < 1.29 is 9.53 Å². The van der Waals surface area contributed by atoms with Gasteiger partial charge in [-0.1, -0.05) is 41.9 Å². The molecule has 33 heavy (non-hydrogen) atoms. The lowest BCUT2D eigenvalue weighted by Crippen LogP contribution is -2.48. The van der Waals surface area contributed by atoms with Crippen molar-refractivity contribution in [2.75, 3.05) is 33.3 Å². The predicted octanol–water partition coefficient (Wildman–Crippen LogP) is 4.62. The van der Waals surface area contributed by atoms with Crippen LogP contribution in [0.3, 0.4) is 0 Å². The molecule has 7 heteroatoms. The molecule has 1 amide bonds. The Labute approximate surface area is 198 Å². The zero-order valence-corrected chi connectivity index (χ0v) is 19.2. The Morgan fingerprint density at radius 2 is 1.73 bits per heavy atom. The quantitative estimate of drug-likeness (QED) is 0.436. The fraction of sp³-hybridized carbons (Fsp3) is 0.231. The molecule has 0 unspecified atom stereocenters. The molecule has 0 spiro atoms. The van der Waals surface area contributed by atoms with Crippen molar-refractivity contribution in [3.63, 3.8) is 0 Å². The van der Waals surface area contributed by atoms with Crippen LogP contribution in [0.1, 0.15) is 16.1 Å². The van der Waals surface area contributed by atoms with Gasteiger partial charge in [-0.05, 0) is 41.5 Å². The van der Waals surface area contributed by atoms with Gasteiger partial charge in [0.25, 0.3) is 5.91 Å². The smallest absolute Gasteiger partial charge is 0.274 e. The van der Waals surface area contributed by atoms with Crippen LogP contribution in [0.15, 0.2) is 73.1 Å². The largest absolute Gasteiger partial charge is 0.497 e. The van der Waals surface area contributed by atoms with Crippen molar-refractivity contribution in [3.05, 3.63) is 89.3 Å². The van der Waals surface area contributed by atoms with E-state index in [4.69, 9.17) is 16.3 Å². The van der Waals surface area contributed by atoms with Crippen LogP contribution in [0.2, 0.25) is 5.02 Å². The summed E-state index contributed by atoms with van der Waals surface area (Å²) in [5.74, 6) is 0.836. The maximum absolute atomic E-state index is 13.1. The molecule has 4 aromatic rings. The van der Waals surface area contributed by atoms with Gasteiger partial charge in [-0.15, -0.1) is 0 Å². The molecule has 1 aliphatic rings. The Bertz CT molecular complexity index is 1280. The number of imidazole rings is 1. The minimum absolute atomic E-state index is 0.0258. The van der Waals surface area contributed by atoms with Crippen LogP contribution in [0.25, 0.3) is 16.8 Å². The molecule has 1 aliphatic heterocycles. The Kier molecular flexibility index (Phi) is 6.03. The monoisotopic (exact) mass is 460 g/mol. The fourth-order valence-corrected chi connectivity index (χ4v) is 4.45. The first-order valence-electron chi connectivity index (χ1n) is 11.0. The third-order valence-electron chi connectivity index (χ3n) is 6.08. The second-order valence-corrected chi connectivity index (χ2v) is 8.61. The summed E-state index contributed by atoms with van der Waals surface area (Å²) >= 11 is 6.35. The highest BCUT2D eigenvalue weighted by molar-refractivity contribution is 6.33. The van der Waals surface area contributed by atoms with E-state index in [0.29, 0.717) is 23.8 Å². The number of fused-ring (bicyclic) bond motifs is 1. The summed E-state index contributed by atoms with van der Waals surface area (Å²) in [6, 6.07) is 19.8. The Morgan fingerprint density at radius 1 is 0.970 bits per heavy atom. The highest BCUT2D eigenvalue weighted by Crippen LogP contribution is 2.28. The van der Waals surface area contributed by atoms with Crippen molar-refractivity contribution in [2.45, 2.75) is 6.54 Å². The molecule has 0 radical (unpaired) electrons. The molecular weight excluding hydrogens is 436 g/mol. The SMILES string of the molecule is COc1ccc(CN2CCN(C(=O)c3cn4cc(-c5ccccc5Cl)ccc4n3)CC2)cc1. The number of methoxy groups -OCH3 is 1. The molecule has 0 saturated carbocycles. The first-order chi connectivity index (χ1) is 16.1. The molecule has 2 aromatic carbocycles. The second kappa shape index (κ2) is 9.25. The van der Waals surface area contributed by atoms with Crippen molar-refractivity contribution in [2.24, 2.45) is 0 Å². The Morgan fingerprint density at radius 3 is 2.45 bits per heavy atom. The average molecular weight is 461 g/mol. The maximum atomic E-state index is 13.1. The van der Waals surface area contributed by atoms with Gasteiger partial charge in [-0.25, -0.2) is 4.98 Å². The van der Waals surface area contributed by atoms with Crippen LogP contribution >= 0.6 is 11.6 Å². The summed E-state index contributed by atoms with van der Waals surface area (Å²) in [6.07, 6.45) is 3.77. The molecule has 1 saturated heterocycles. The van der Waals surface area contributed by atoms with Gasteiger partial charge in [0.15, 0.2) is 0 Å². The van der Waals surface area contributed by atoms with E-state index < -0.39 is 0 Å². The molecule has 5 rings (SSSR count). The van der Waals surface area contributed by atoms with E-state index in [0.717, 1.165) is 42.2 Å².